The third-order valence-electron chi connectivity index (χ3n) is 3.16. The summed E-state index contributed by atoms with van der Waals surface area (Å²) < 4.78 is 5.50. The highest BCUT2D eigenvalue weighted by atomic mass is 35.5. The first-order valence-corrected chi connectivity index (χ1v) is 6.52. The van der Waals surface area contributed by atoms with Crippen LogP contribution in [0.4, 0.5) is 0 Å². The van der Waals surface area contributed by atoms with Gasteiger partial charge in [-0.15, -0.1) is 0 Å². The molecule has 6 heteroatoms. The van der Waals surface area contributed by atoms with Crippen molar-refractivity contribution in [3.8, 4) is 5.75 Å². The van der Waals surface area contributed by atoms with E-state index >= 15 is 0 Å². The number of phenols is 1. The number of carbonyl (C=O) groups is 1. The maximum absolute atomic E-state index is 12.3. The van der Waals surface area contributed by atoms with Gasteiger partial charge in [0.25, 0.3) is 5.91 Å². The number of ether oxygens (including phenoxy) is 1. The van der Waals surface area contributed by atoms with E-state index < -0.39 is 0 Å². The fraction of sp³-hybridized carbons (Fsp3) is 0.462. The molecule has 0 radical (unpaired) electrons. The van der Waals surface area contributed by atoms with Crippen LogP contribution < -0.4 is 5.73 Å². The number of morpholine rings is 1. The fourth-order valence-corrected chi connectivity index (χ4v) is 2.20. The molecule has 0 aliphatic carbocycles. The molecule has 3 N–H and O–H groups in total. The minimum absolute atomic E-state index is 0.110. The summed E-state index contributed by atoms with van der Waals surface area (Å²) in [5, 5.41) is 10.2. The zero-order valence-electron chi connectivity index (χ0n) is 10.7. The maximum Gasteiger partial charge on any atom is 0.257 e. The number of rotatable bonds is 2. The predicted molar refractivity (Wildman–Crippen MR) is 72.4 cm³/mol. The van der Waals surface area contributed by atoms with Gasteiger partial charge in [0.1, 0.15) is 5.75 Å². The van der Waals surface area contributed by atoms with Crippen molar-refractivity contribution < 1.29 is 14.6 Å². The zero-order valence-corrected chi connectivity index (χ0v) is 11.4. The zero-order chi connectivity index (χ0) is 14.0. The lowest BCUT2D eigenvalue weighted by atomic mass is 10.1. The lowest BCUT2D eigenvalue weighted by Gasteiger charge is -2.34. The van der Waals surface area contributed by atoms with Crippen molar-refractivity contribution in [2.24, 2.45) is 5.73 Å². The molecule has 1 aliphatic rings. The molecular weight excluding hydrogens is 268 g/mol. The van der Waals surface area contributed by atoms with Gasteiger partial charge in [0.2, 0.25) is 0 Å². The summed E-state index contributed by atoms with van der Waals surface area (Å²) in [6.45, 7) is 3.22. The number of halogens is 1. The standard InChI is InChI=1S/C13H17ClN2O3/c1-8(15)12-7-16(4-5-19-12)13(18)10-3-2-9(14)6-11(10)17/h2-3,6,8,12,17H,4-5,7,15H2,1H3. The third-order valence-corrected chi connectivity index (χ3v) is 3.39. The quantitative estimate of drug-likeness (QED) is 0.857. The smallest absolute Gasteiger partial charge is 0.257 e. The molecule has 1 saturated heterocycles. The van der Waals surface area contributed by atoms with E-state index in [9.17, 15) is 9.90 Å². The van der Waals surface area contributed by atoms with Gasteiger partial charge in [-0.05, 0) is 25.1 Å². The van der Waals surface area contributed by atoms with Crippen LogP contribution in [0.5, 0.6) is 5.75 Å². The number of nitrogens with zero attached hydrogens (tertiary/aromatic N) is 1. The Morgan fingerprint density at radius 3 is 3.00 bits per heavy atom. The van der Waals surface area contributed by atoms with Crippen LogP contribution in [0.15, 0.2) is 18.2 Å². The Hall–Kier alpha value is -1.30. The lowest BCUT2D eigenvalue weighted by molar-refractivity contribution is -0.0300. The van der Waals surface area contributed by atoms with Crippen LogP contribution in [0.1, 0.15) is 17.3 Å². The first-order chi connectivity index (χ1) is 8.99. The van der Waals surface area contributed by atoms with Crippen LogP contribution in [-0.4, -0.2) is 47.8 Å². The molecule has 1 aromatic carbocycles. The lowest BCUT2D eigenvalue weighted by Crippen LogP contribution is -2.51. The van der Waals surface area contributed by atoms with Crippen LogP contribution >= 0.6 is 11.6 Å². The van der Waals surface area contributed by atoms with E-state index in [1.165, 1.54) is 12.1 Å². The Morgan fingerprint density at radius 2 is 2.37 bits per heavy atom. The van der Waals surface area contributed by atoms with Gasteiger partial charge in [0.15, 0.2) is 0 Å². The Bertz CT molecular complexity index is 479. The molecular formula is C13H17ClN2O3. The van der Waals surface area contributed by atoms with Gasteiger partial charge in [-0.25, -0.2) is 0 Å². The second-order valence-corrected chi connectivity index (χ2v) is 5.12. The van der Waals surface area contributed by atoms with Crippen molar-refractivity contribution in [1.82, 2.24) is 4.90 Å². The monoisotopic (exact) mass is 284 g/mol. The number of nitrogens with two attached hydrogens (primary N) is 1. The Morgan fingerprint density at radius 1 is 1.63 bits per heavy atom. The van der Waals surface area contributed by atoms with Gasteiger partial charge < -0.3 is 20.5 Å². The molecule has 19 heavy (non-hydrogen) atoms. The number of carbonyl (C=O) groups excluding carboxylic acids is 1. The average Bonchev–Trinajstić information content (AvgIpc) is 2.38. The molecule has 0 saturated carbocycles. The fourth-order valence-electron chi connectivity index (χ4n) is 2.03. The summed E-state index contributed by atoms with van der Waals surface area (Å²) in [7, 11) is 0. The van der Waals surface area contributed by atoms with E-state index in [2.05, 4.69) is 0 Å². The van der Waals surface area contributed by atoms with Gasteiger partial charge in [0, 0.05) is 24.2 Å². The Kier molecular flexibility index (Phi) is 4.29. The molecule has 2 unspecified atom stereocenters. The highest BCUT2D eigenvalue weighted by Crippen LogP contribution is 2.24. The topological polar surface area (TPSA) is 75.8 Å². The van der Waals surface area contributed by atoms with Crippen molar-refractivity contribution in [2.75, 3.05) is 19.7 Å². The second-order valence-electron chi connectivity index (χ2n) is 4.68. The molecule has 1 amide bonds. The number of amides is 1. The van der Waals surface area contributed by atoms with Crippen molar-refractivity contribution >= 4 is 17.5 Å². The highest BCUT2D eigenvalue weighted by Gasteiger charge is 2.28. The molecule has 1 heterocycles. The van der Waals surface area contributed by atoms with Crippen LogP contribution in [0.3, 0.4) is 0 Å². The number of hydrogen-bond donors (Lipinski definition) is 2. The summed E-state index contributed by atoms with van der Waals surface area (Å²) in [4.78, 5) is 14.0. The van der Waals surface area contributed by atoms with E-state index in [0.717, 1.165) is 0 Å². The van der Waals surface area contributed by atoms with E-state index in [1.807, 2.05) is 6.92 Å². The third kappa shape index (κ3) is 3.18. The predicted octanol–water partition coefficient (Wildman–Crippen LogP) is 1.23. The minimum atomic E-state index is -0.233. The van der Waals surface area contributed by atoms with E-state index in [-0.39, 0.29) is 29.4 Å². The minimum Gasteiger partial charge on any atom is -0.507 e. The van der Waals surface area contributed by atoms with Gasteiger partial charge in [0.05, 0.1) is 18.3 Å². The van der Waals surface area contributed by atoms with Crippen molar-refractivity contribution in [3.63, 3.8) is 0 Å². The molecule has 0 aromatic heterocycles. The molecule has 5 nitrogen and oxygen atoms in total. The molecule has 1 aliphatic heterocycles. The first-order valence-electron chi connectivity index (χ1n) is 6.14. The number of phenolic OH excluding ortho intramolecular Hbond substituents is 1. The molecule has 0 bridgehead atoms. The van der Waals surface area contributed by atoms with Gasteiger partial charge >= 0.3 is 0 Å². The normalized spacial score (nSPS) is 21.2. The van der Waals surface area contributed by atoms with Crippen LogP contribution in [0.25, 0.3) is 0 Å². The number of benzene rings is 1. The SMILES string of the molecule is CC(N)C1CN(C(=O)c2ccc(Cl)cc2O)CCO1. The number of aromatic hydroxyl groups is 1. The highest BCUT2D eigenvalue weighted by molar-refractivity contribution is 6.30. The average molecular weight is 285 g/mol. The van der Waals surface area contributed by atoms with E-state index in [4.69, 9.17) is 22.1 Å². The van der Waals surface area contributed by atoms with Crippen LogP contribution in [0.2, 0.25) is 5.02 Å². The van der Waals surface area contributed by atoms with Gasteiger partial charge in [-0.2, -0.15) is 0 Å². The maximum atomic E-state index is 12.3. The molecule has 104 valence electrons. The van der Waals surface area contributed by atoms with Gasteiger partial charge in [-0.1, -0.05) is 11.6 Å². The summed E-state index contributed by atoms with van der Waals surface area (Å²) >= 11 is 5.75. The summed E-state index contributed by atoms with van der Waals surface area (Å²) in [6.07, 6.45) is -0.174. The van der Waals surface area contributed by atoms with Crippen molar-refractivity contribution in [3.05, 3.63) is 28.8 Å². The number of hydrogen-bond acceptors (Lipinski definition) is 4. The molecule has 2 atom stereocenters. The summed E-state index contributed by atoms with van der Waals surface area (Å²) in [5.41, 5.74) is 6.03. The first kappa shape index (κ1) is 14.1. The Balaban J connectivity index is 2.15. The summed E-state index contributed by atoms with van der Waals surface area (Å²) in [6, 6.07) is 4.32. The van der Waals surface area contributed by atoms with Crippen molar-refractivity contribution in [2.45, 2.75) is 19.1 Å². The van der Waals surface area contributed by atoms with Crippen LogP contribution in [0, 0.1) is 0 Å². The molecule has 1 aromatic rings. The van der Waals surface area contributed by atoms with E-state index in [0.29, 0.717) is 24.7 Å². The summed E-state index contributed by atoms with van der Waals surface area (Å²) in [5.74, 6) is -0.343. The molecule has 2 rings (SSSR count). The molecule has 0 spiro atoms. The van der Waals surface area contributed by atoms with Crippen LogP contribution in [-0.2, 0) is 4.74 Å². The molecule has 1 fully saturated rings. The largest absolute Gasteiger partial charge is 0.507 e. The van der Waals surface area contributed by atoms with Crippen molar-refractivity contribution in [1.29, 1.82) is 0 Å². The van der Waals surface area contributed by atoms with Gasteiger partial charge in [-0.3, -0.25) is 4.79 Å². The Labute approximate surface area is 116 Å². The second kappa shape index (κ2) is 5.77. The van der Waals surface area contributed by atoms with E-state index in [1.54, 1.807) is 11.0 Å².